The van der Waals surface area contributed by atoms with E-state index in [1.165, 1.54) is 18.4 Å². The number of halogens is 1. The number of aromatic nitrogens is 1. The van der Waals surface area contributed by atoms with Crippen molar-refractivity contribution < 1.29 is 14.6 Å². The molecular formula is C14H12ClNO3S. The predicted octanol–water partition coefficient (Wildman–Crippen LogP) is 3.23. The van der Waals surface area contributed by atoms with Crippen molar-refractivity contribution in [2.75, 3.05) is 7.11 Å². The molecule has 1 aromatic heterocycles. The van der Waals surface area contributed by atoms with E-state index in [0.29, 0.717) is 10.7 Å². The third kappa shape index (κ3) is 3.07. The van der Waals surface area contributed by atoms with Gasteiger partial charge in [0, 0.05) is 16.0 Å². The van der Waals surface area contributed by atoms with Gasteiger partial charge in [0.1, 0.15) is 11.1 Å². The smallest absolute Gasteiger partial charge is 0.336 e. The molecule has 0 saturated carbocycles. The molecule has 2 aromatic rings. The fourth-order valence-electron chi connectivity index (χ4n) is 1.56. The number of hydrogen-bond acceptors (Lipinski definition) is 5. The zero-order valence-electron chi connectivity index (χ0n) is 10.7. The van der Waals surface area contributed by atoms with Gasteiger partial charge in [-0.05, 0) is 12.1 Å². The molecule has 0 amide bonds. The lowest BCUT2D eigenvalue weighted by Gasteiger charge is -2.08. The summed E-state index contributed by atoms with van der Waals surface area (Å²) >= 11 is 7.19. The van der Waals surface area contributed by atoms with Crippen LogP contribution in [0, 0.1) is 0 Å². The minimum absolute atomic E-state index is 0.0412. The molecule has 0 aliphatic heterocycles. The average Bonchev–Trinajstić information content (AvgIpc) is 2.95. The summed E-state index contributed by atoms with van der Waals surface area (Å²) in [7, 11) is 1.24. The summed E-state index contributed by atoms with van der Waals surface area (Å²) in [5.74, 6) is -0.654. The van der Waals surface area contributed by atoms with Gasteiger partial charge in [-0.15, -0.1) is 11.3 Å². The van der Waals surface area contributed by atoms with Gasteiger partial charge in [-0.2, -0.15) is 0 Å². The SMILES string of the molecule is C=C(C(=O)OC)[C@H](O)c1csc(-c2ccc(Cl)cc2)n1. The van der Waals surface area contributed by atoms with Crippen molar-refractivity contribution in [3.63, 3.8) is 0 Å². The Morgan fingerprint density at radius 1 is 1.45 bits per heavy atom. The van der Waals surface area contributed by atoms with Crippen molar-refractivity contribution in [2.45, 2.75) is 6.10 Å². The number of benzene rings is 1. The third-order valence-corrected chi connectivity index (χ3v) is 3.83. The lowest BCUT2D eigenvalue weighted by atomic mass is 10.1. The predicted molar refractivity (Wildman–Crippen MR) is 78.7 cm³/mol. The molecule has 1 atom stereocenters. The molecule has 1 heterocycles. The van der Waals surface area contributed by atoms with Gasteiger partial charge in [0.15, 0.2) is 0 Å². The Labute approximate surface area is 125 Å². The number of methoxy groups -OCH3 is 1. The number of ether oxygens (including phenoxy) is 1. The summed E-state index contributed by atoms with van der Waals surface area (Å²) in [6, 6.07) is 7.21. The Bertz CT molecular complexity index is 636. The maximum absolute atomic E-state index is 11.3. The van der Waals surface area contributed by atoms with Crippen molar-refractivity contribution in [3.8, 4) is 10.6 Å². The molecule has 6 heteroatoms. The molecule has 0 saturated heterocycles. The molecule has 0 radical (unpaired) electrons. The minimum atomic E-state index is -1.17. The van der Waals surface area contributed by atoms with Gasteiger partial charge in [-0.1, -0.05) is 30.3 Å². The van der Waals surface area contributed by atoms with Crippen molar-refractivity contribution >= 4 is 28.9 Å². The molecule has 4 nitrogen and oxygen atoms in total. The van der Waals surface area contributed by atoms with E-state index >= 15 is 0 Å². The summed E-state index contributed by atoms with van der Waals surface area (Å²) in [6.45, 7) is 3.52. The van der Waals surface area contributed by atoms with Gasteiger partial charge in [0.05, 0.1) is 18.4 Å². The van der Waals surface area contributed by atoms with Gasteiger partial charge in [0.25, 0.3) is 0 Å². The van der Waals surface area contributed by atoms with Gasteiger partial charge in [0.2, 0.25) is 0 Å². The Morgan fingerprint density at radius 3 is 2.70 bits per heavy atom. The number of carbonyl (C=O) groups is 1. The first-order valence-electron chi connectivity index (χ1n) is 5.69. The van der Waals surface area contributed by atoms with Gasteiger partial charge < -0.3 is 9.84 Å². The van der Waals surface area contributed by atoms with E-state index in [9.17, 15) is 9.90 Å². The van der Waals surface area contributed by atoms with E-state index in [1.54, 1.807) is 17.5 Å². The second kappa shape index (κ2) is 6.17. The molecule has 0 aliphatic rings. The van der Waals surface area contributed by atoms with Crippen molar-refractivity contribution in [2.24, 2.45) is 0 Å². The molecular weight excluding hydrogens is 298 g/mol. The van der Waals surface area contributed by atoms with E-state index in [-0.39, 0.29) is 5.57 Å². The van der Waals surface area contributed by atoms with Crippen LogP contribution < -0.4 is 0 Å². The lowest BCUT2D eigenvalue weighted by Crippen LogP contribution is -2.12. The zero-order chi connectivity index (χ0) is 14.7. The monoisotopic (exact) mass is 309 g/mol. The lowest BCUT2D eigenvalue weighted by molar-refractivity contribution is -0.137. The van der Waals surface area contributed by atoms with E-state index in [1.807, 2.05) is 12.1 Å². The molecule has 0 aliphatic carbocycles. The quantitative estimate of drug-likeness (QED) is 0.696. The third-order valence-electron chi connectivity index (χ3n) is 2.67. The van der Waals surface area contributed by atoms with E-state index in [4.69, 9.17) is 11.6 Å². The number of carbonyl (C=O) groups excluding carboxylic acids is 1. The minimum Gasteiger partial charge on any atom is -0.466 e. The van der Waals surface area contributed by atoms with Crippen LogP contribution in [0.15, 0.2) is 41.8 Å². The highest BCUT2D eigenvalue weighted by Crippen LogP contribution is 2.29. The number of aliphatic hydroxyl groups is 1. The molecule has 0 bridgehead atoms. The number of nitrogens with zero attached hydrogens (tertiary/aromatic N) is 1. The van der Waals surface area contributed by atoms with Crippen LogP contribution in [0.1, 0.15) is 11.8 Å². The highest BCUT2D eigenvalue weighted by molar-refractivity contribution is 7.13. The van der Waals surface area contributed by atoms with Gasteiger partial charge in [-0.25, -0.2) is 9.78 Å². The standard InChI is InChI=1S/C14H12ClNO3S/c1-8(14(18)19-2)12(17)11-7-20-13(16-11)9-3-5-10(15)6-4-9/h3-7,12,17H,1H2,2H3/t12-/m0/s1. The fourth-order valence-corrected chi connectivity index (χ4v) is 2.53. The Hall–Kier alpha value is -1.69. The first-order chi connectivity index (χ1) is 9.52. The van der Waals surface area contributed by atoms with E-state index in [2.05, 4.69) is 16.3 Å². The Balaban J connectivity index is 2.22. The molecule has 2 rings (SSSR count). The highest BCUT2D eigenvalue weighted by atomic mass is 35.5. The largest absolute Gasteiger partial charge is 0.466 e. The first-order valence-corrected chi connectivity index (χ1v) is 6.95. The maximum Gasteiger partial charge on any atom is 0.336 e. The summed E-state index contributed by atoms with van der Waals surface area (Å²) in [5.41, 5.74) is 1.22. The second-order valence-electron chi connectivity index (χ2n) is 4.00. The molecule has 1 aromatic carbocycles. The Kier molecular flexibility index (Phi) is 4.54. The van der Waals surface area contributed by atoms with Crippen molar-refractivity contribution in [1.82, 2.24) is 4.98 Å². The van der Waals surface area contributed by atoms with Gasteiger partial charge >= 0.3 is 5.97 Å². The summed E-state index contributed by atoms with van der Waals surface area (Å²) in [4.78, 5) is 15.6. The summed E-state index contributed by atoms with van der Waals surface area (Å²) in [5, 5.41) is 13.1. The zero-order valence-corrected chi connectivity index (χ0v) is 12.2. The van der Waals surface area contributed by atoms with Gasteiger partial charge in [-0.3, -0.25) is 0 Å². The van der Waals surface area contributed by atoms with Crippen LogP contribution in [0.25, 0.3) is 10.6 Å². The Morgan fingerprint density at radius 2 is 2.10 bits per heavy atom. The van der Waals surface area contributed by atoms with Crippen molar-refractivity contribution in [3.05, 3.63) is 52.5 Å². The number of hydrogen-bond donors (Lipinski definition) is 1. The molecule has 20 heavy (non-hydrogen) atoms. The number of aliphatic hydroxyl groups excluding tert-OH is 1. The average molecular weight is 310 g/mol. The molecule has 0 unspecified atom stereocenters. The van der Waals surface area contributed by atoms with Crippen LogP contribution in [0.3, 0.4) is 0 Å². The number of thiazole rings is 1. The van der Waals surface area contributed by atoms with E-state index in [0.717, 1.165) is 10.6 Å². The summed E-state index contributed by atoms with van der Waals surface area (Å²) in [6.07, 6.45) is -1.17. The topological polar surface area (TPSA) is 59.4 Å². The van der Waals surface area contributed by atoms with Crippen LogP contribution in [-0.4, -0.2) is 23.2 Å². The van der Waals surface area contributed by atoms with Crippen molar-refractivity contribution in [1.29, 1.82) is 0 Å². The fraction of sp³-hybridized carbons (Fsp3) is 0.143. The first kappa shape index (κ1) is 14.7. The maximum atomic E-state index is 11.3. The van der Waals surface area contributed by atoms with Crippen LogP contribution in [0.5, 0.6) is 0 Å². The summed E-state index contributed by atoms with van der Waals surface area (Å²) < 4.78 is 4.52. The van der Waals surface area contributed by atoms with Crippen LogP contribution in [0.2, 0.25) is 5.02 Å². The van der Waals surface area contributed by atoms with Crippen LogP contribution in [-0.2, 0) is 9.53 Å². The molecule has 1 N–H and O–H groups in total. The molecule has 0 fully saturated rings. The van der Waals surface area contributed by atoms with Crippen LogP contribution >= 0.6 is 22.9 Å². The van der Waals surface area contributed by atoms with E-state index < -0.39 is 12.1 Å². The normalized spacial score (nSPS) is 11.9. The second-order valence-corrected chi connectivity index (χ2v) is 5.30. The van der Waals surface area contributed by atoms with Crippen LogP contribution in [0.4, 0.5) is 0 Å². The highest BCUT2D eigenvalue weighted by Gasteiger charge is 2.21. The number of esters is 1. The molecule has 104 valence electrons. The molecule has 0 spiro atoms. The number of rotatable bonds is 4.